The summed E-state index contributed by atoms with van der Waals surface area (Å²) in [5.41, 5.74) is 0. The molecule has 1 aliphatic heterocycles. The summed E-state index contributed by atoms with van der Waals surface area (Å²) in [5.74, 6) is 2.58. The molecule has 0 aliphatic carbocycles. The van der Waals surface area contributed by atoms with E-state index in [1.807, 2.05) is 12.1 Å². The molecular weight excluding hydrogens is 441 g/mol. The maximum Gasteiger partial charge on any atom is 0.191 e. The number of hydrogen-bond donors (Lipinski definition) is 2. The van der Waals surface area contributed by atoms with Gasteiger partial charge in [0.05, 0.1) is 12.4 Å². The first-order valence-electron chi connectivity index (χ1n) is 9.95. The second kappa shape index (κ2) is 13.4. The van der Waals surface area contributed by atoms with Gasteiger partial charge in [0.2, 0.25) is 0 Å². The first kappa shape index (κ1) is 23.3. The SMILES string of the molecule is CCCN=C(NCCc1ccco1)NC1CCOC(C(CC)CC)C1.I. The third-order valence-corrected chi connectivity index (χ3v) is 4.97. The number of furan rings is 1. The predicted molar refractivity (Wildman–Crippen MR) is 118 cm³/mol. The summed E-state index contributed by atoms with van der Waals surface area (Å²) in [7, 11) is 0. The van der Waals surface area contributed by atoms with Crippen LogP contribution in [-0.4, -0.2) is 37.8 Å². The zero-order chi connectivity index (χ0) is 17.9. The first-order chi connectivity index (χ1) is 12.3. The van der Waals surface area contributed by atoms with E-state index in [1.54, 1.807) is 6.26 Å². The lowest BCUT2D eigenvalue weighted by Gasteiger charge is -2.35. The van der Waals surface area contributed by atoms with Crippen molar-refractivity contribution in [1.82, 2.24) is 10.6 Å². The van der Waals surface area contributed by atoms with E-state index in [-0.39, 0.29) is 24.0 Å². The molecule has 26 heavy (non-hydrogen) atoms. The van der Waals surface area contributed by atoms with Crippen molar-refractivity contribution in [1.29, 1.82) is 0 Å². The minimum atomic E-state index is 0. The second-order valence-electron chi connectivity index (χ2n) is 6.84. The average Bonchev–Trinajstić information content (AvgIpc) is 3.14. The summed E-state index contributed by atoms with van der Waals surface area (Å²) in [5, 5.41) is 7.08. The summed E-state index contributed by atoms with van der Waals surface area (Å²) in [6, 6.07) is 4.38. The maximum absolute atomic E-state index is 6.03. The van der Waals surface area contributed by atoms with Crippen LogP contribution < -0.4 is 10.6 Å². The van der Waals surface area contributed by atoms with E-state index >= 15 is 0 Å². The zero-order valence-corrected chi connectivity index (χ0v) is 18.8. The van der Waals surface area contributed by atoms with Crippen molar-refractivity contribution in [2.45, 2.75) is 71.4 Å². The summed E-state index contributed by atoms with van der Waals surface area (Å²) < 4.78 is 11.4. The van der Waals surface area contributed by atoms with Crippen LogP contribution >= 0.6 is 24.0 Å². The summed E-state index contributed by atoms with van der Waals surface area (Å²) in [6.45, 7) is 9.18. The Morgan fingerprint density at radius 3 is 2.77 bits per heavy atom. The molecule has 2 rings (SSSR count). The molecule has 0 radical (unpaired) electrons. The molecule has 2 atom stereocenters. The molecule has 0 saturated carbocycles. The van der Waals surface area contributed by atoms with Gasteiger partial charge < -0.3 is 19.8 Å². The number of rotatable bonds is 9. The molecule has 1 fully saturated rings. The van der Waals surface area contributed by atoms with Crippen LogP contribution in [-0.2, 0) is 11.2 Å². The van der Waals surface area contributed by atoms with Crippen LogP contribution in [0.15, 0.2) is 27.8 Å². The quantitative estimate of drug-likeness (QED) is 0.315. The smallest absolute Gasteiger partial charge is 0.191 e. The number of ether oxygens (including phenoxy) is 1. The number of halogens is 1. The van der Waals surface area contributed by atoms with Crippen LogP contribution in [0.4, 0.5) is 0 Å². The van der Waals surface area contributed by atoms with Crippen LogP contribution in [0.25, 0.3) is 0 Å². The molecule has 1 aromatic heterocycles. The normalized spacial score (nSPS) is 20.7. The Balaban J connectivity index is 0.00000338. The fourth-order valence-electron chi connectivity index (χ4n) is 3.43. The first-order valence-corrected chi connectivity index (χ1v) is 9.95. The van der Waals surface area contributed by atoms with Crippen LogP contribution in [0, 0.1) is 5.92 Å². The Hall–Kier alpha value is -0.760. The third kappa shape index (κ3) is 7.86. The maximum atomic E-state index is 6.03. The molecule has 1 saturated heterocycles. The van der Waals surface area contributed by atoms with E-state index in [1.165, 1.54) is 12.8 Å². The molecule has 0 spiro atoms. The monoisotopic (exact) mass is 477 g/mol. The highest BCUT2D eigenvalue weighted by Gasteiger charge is 2.28. The van der Waals surface area contributed by atoms with Crippen molar-refractivity contribution >= 4 is 29.9 Å². The van der Waals surface area contributed by atoms with Gasteiger partial charge >= 0.3 is 0 Å². The van der Waals surface area contributed by atoms with Gasteiger partial charge in [-0.2, -0.15) is 0 Å². The van der Waals surface area contributed by atoms with Crippen molar-refractivity contribution in [2.24, 2.45) is 10.9 Å². The topological polar surface area (TPSA) is 58.8 Å². The summed E-state index contributed by atoms with van der Waals surface area (Å²) >= 11 is 0. The molecule has 0 aromatic carbocycles. The summed E-state index contributed by atoms with van der Waals surface area (Å²) in [4.78, 5) is 4.69. The molecule has 2 unspecified atom stereocenters. The highest BCUT2D eigenvalue weighted by atomic mass is 127. The Kier molecular flexibility index (Phi) is 12.0. The number of nitrogens with one attached hydrogen (secondary N) is 2. The van der Waals surface area contributed by atoms with E-state index < -0.39 is 0 Å². The number of hydrogen-bond acceptors (Lipinski definition) is 3. The average molecular weight is 477 g/mol. The molecular formula is C20H36IN3O2. The second-order valence-corrected chi connectivity index (χ2v) is 6.84. The van der Waals surface area contributed by atoms with Crippen LogP contribution in [0.1, 0.15) is 58.6 Å². The molecule has 6 heteroatoms. The largest absolute Gasteiger partial charge is 0.469 e. The van der Waals surface area contributed by atoms with Crippen LogP contribution in [0.2, 0.25) is 0 Å². The molecule has 2 N–H and O–H groups in total. The Bertz CT molecular complexity index is 489. The van der Waals surface area contributed by atoms with Crippen LogP contribution in [0.5, 0.6) is 0 Å². The van der Waals surface area contributed by atoms with Gasteiger partial charge in [-0.15, -0.1) is 24.0 Å². The minimum absolute atomic E-state index is 0. The van der Waals surface area contributed by atoms with E-state index in [2.05, 4.69) is 36.4 Å². The molecule has 1 aliphatic rings. The van der Waals surface area contributed by atoms with Gasteiger partial charge in [-0.05, 0) is 37.3 Å². The van der Waals surface area contributed by atoms with E-state index in [0.29, 0.717) is 18.1 Å². The summed E-state index contributed by atoms with van der Waals surface area (Å²) in [6.07, 6.45) is 8.49. The Morgan fingerprint density at radius 1 is 1.31 bits per heavy atom. The van der Waals surface area contributed by atoms with E-state index in [4.69, 9.17) is 9.15 Å². The molecule has 0 bridgehead atoms. The standard InChI is InChI=1S/C20H35N3O2.HI/c1-4-11-21-20(22-12-9-18-8-7-13-24-18)23-17-10-14-25-19(15-17)16(5-2)6-3;/h7-8,13,16-17,19H,4-6,9-12,14-15H2,1-3H3,(H2,21,22,23);1H. The molecule has 150 valence electrons. The lowest BCUT2D eigenvalue weighted by molar-refractivity contribution is -0.0324. The number of nitrogens with zero attached hydrogens (tertiary/aromatic N) is 1. The van der Waals surface area contributed by atoms with Crippen LogP contribution in [0.3, 0.4) is 0 Å². The van der Waals surface area contributed by atoms with Crippen molar-refractivity contribution in [3.63, 3.8) is 0 Å². The van der Waals surface area contributed by atoms with Gasteiger partial charge in [-0.1, -0.05) is 33.6 Å². The highest BCUT2D eigenvalue weighted by Crippen LogP contribution is 2.25. The van der Waals surface area contributed by atoms with Gasteiger partial charge in [0.1, 0.15) is 5.76 Å². The van der Waals surface area contributed by atoms with Gasteiger partial charge in [-0.25, -0.2) is 0 Å². The number of guanidine groups is 1. The molecule has 1 aromatic rings. The van der Waals surface area contributed by atoms with Crippen molar-refractivity contribution in [2.75, 3.05) is 19.7 Å². The fraction of sp³-hybridized carbons (Fsp3) is 0.750. The fourth-order valence-corrected chi connectivity index (χ4v) is 3.43. The Morgan fingerprint density at radius 2 is 2.12 bits per heavy atom. The van der Waals surface area contributed by atoms with Crippen molar-refractivity contribution in [3.05, 3.63) is 24.2 Å². The molecule has 0 amide bonds. The molecule has 5 nitrogen and oxygen atoms in total. The highest BCUT2D eigenvalue weighted by molar-refractivity contribution is 14.0. The molecule has 2 heterocycles. The van der Waals surface area contributed by atoms with Gasteiger partial charge in [0, 0.05) is 32.2 Å². The Labute approximate surface area is 175 Å². The van der Waals surface area contributed by atoms with Crippen molar-refractivity contribution in [3.8, 4) is 0 Å². The van der Waals surface area contributed by atoms with E-state index in [0.717, 1.165) is 57.1 Å². The van der Waals surface area contributed by atoms with Gasteiger partial charge in [0.15, 0.2) is 5.96 Å². The lowest BCUT2D eigenvalue weighted by atomic mass is 9.89. The van der Waals surface area contributed by atoms with Gasteiger partial charge in [0.25, 0.3) is 0 Å². The lowest BCUT2D eigenvalue weighted by Crippen LogP contribution is -2.48. The minimum Gasteiger partial charge on any atom is -0.469 e. The van der Waals surface area contributed by atoms with Gasteiger partial charge in [-0.3, -0.25) is 4.99 Å². The third-order valence-electron chi connectivity index (χ3n) is 4.97. The van der Waals surface area contributed by atoms with Crippen molar-refractivity contribution < 1.29 is 9.15 Å². The zero-order valence-electron chi connectivity index (χ0n) is 16.5. The predicted octanol–water partition coefficient (Wildman–Crippen LogP) is 4.37. The number of aliphatic imine (C=N–C) groups is 1. The van der Waals surface area contributed by atoms with E-state index in [9.17, 15) is 0 Å².